The molecule has 0 spiro atoms. The highest BCUT2D eigenvalue weighted by molar-refractivity contribution is 9.09. The summed E-state index contributed by atoms with van der Waals surface area (Å²) in [6.07, 6.45) is 2.91. The molecule has 0 amide bonds. The van der Waals surface area contributed by atoms with E-state index in [1.165, 1.54) is 0 Å². The Morgan fingerprint density at radius 2 is 1.89 bits per heavy atom. The zero-order valence-corrected chi connectivity index (χ0v) is 12.9. The Kier molecular flexibility index (Phi) is 5.67. The molecule has 4 heteroatoms. The summed E-state index contributed by atoms with van der Waals surface area (Å²) in [7, 11) is 0. The number of hydrogen-bond acceptors (Lipinski definition) is 3. The fourth-order valence-electron chi connectivity index (χ4n) is 2.23. The van der Waals surface area contributed by atoms with E-state index in [9.17, 15) is 0 Å². The summed E-state index contributed by atoms with van der Waals surface area (Å²) in [6.45, 7) is 4.18. The van der Waals surface area contributed by atoms with Crippen LogP contribution in [0.4, 0.5) is 0 Å². The van der Waals surface area contributed by atoms with Gasteiger partial charge in [0.1, 0.15) is 5.75 Å². The average molecular weight is 329 g/mol. The van der Waals surface area contributed by atoms with Gasteiger partial charge in [-0.2, -0.15) is 0 Å². The lowest BCUT2D eigenvalue weighted by Gasteiger charge is -2.27. The summed E-state index contributed by atoms with van der Waals surface area (Å²) in [6, 6.07) is 8.08. The molecule has 0 aliphatic carbocycles. The SMILES string of the molecule is CCCOc1ccc(C2(CCCBr)OCCO2)cc1. The van der Waals surface area contributed by atoms with Crippen LogP contribution in [0.25, 0.3) is 0 Å². The largest absolute Gasteiger partial charge is 0.494 e. The van der Waals surface area contributed by atoms with Crippen molar-refractivity contribution in [1.82, 2.24) is 0 Å². The van der Waals surface area contributed by atoms with E-state index < -0.39 is 5.79 Å². The van der Waals surface area contributed by atoms with Gasteiger partial charge in [-0.15, -0.1) is 0 Å². The van der Waals surface area contributed by atoms with Gasteiger partial charge in [-0.25, -0.2) is 0 Å². The molecule has 0 bridgehead atoms. The van der Waals surface area contributed by atoms with Crippen LogP contribution in [0.3, 0.4) is 0 Å². The summed E-state index contributed by atoms with van der Waals surface area (Å²) >= 11 is 3.46. The van der Waals surface area contributed by atoms with E-state index >= 15 is 0 Å². The second-order valence-electron chi connectivity index (χ2n) is 4.62. The first kappa shape index (κ1) is 14.8. The molecular weight excluding hydrogens is 308 g/mol. The van der Waals surface area contributed by atoms with E-state index in [0.717, 1.165) is 42.5 Å². The Morgan fingerprint density at radius 3 is 2.47 bits per heavy atom. The summed E-state index contributed by atoms with van der Waals surface area (Å²) in [4.78, 5) is 0. The van der Waals surface area contributed by atoms with Gasteiger partial charge in [0.05, 0.1) is 19.8 Å². The minimum absolute atomic E-state index is 0.558. The van der Waals surface area contributed by atoms with Gasteiger partial charge in [0, 0.05) is 17.3 Å². The monoisotopic (exact) mass is 328 g/mol. The predicted octanol–water partition coefficient (Wildman–Crippen LogP) is 3.85. The molecule has 0 saturated carbocycles. The Hall–Kier alpha value is -0.580. The zero-order valence-electron chi connectivity index (χ0n) is 11.4. The third kappa shape index (κ3) is 3.71. The molecular formula is C15H21BrO3. The molecule has 1 saturated heterocycles. The van der Waals surface area contributed by atoms with Crippen molar-refractivity contribution >= 4 is 15.9 Å². The first-order valence-electron chi connectivity index (χ1n) is 6.88. The van der Waals surface area contributed by atoms with Crippen LogP contribution < -0.4 is 4.74 Å². The third-order valence-electron chi connectivity index (χ3n) is 3.16. The number of ether oxygens (including phenoxy) is 3. The van der Waals surface area contributed by atoms with Crippen LogP contribution in [0, 0.1) is 0 Å². The third-order valence-corrected chi connectivity index (χ3v) is 3.72. The normalized spacial score (nSPS) is 17.6. The van der Waals surface area contributed by atoms with Gasteiger partial charge in [-0.1, -0.05) is 22.9 Å². The Labute approximate surface area is 123 Å². The molecule has 1 aliphatic heterocycles. The van der Waals surface area contributed by atoms with Crippen molar-refractivity contribution in [2.24, 2.45) is 0 Å². The average Bonchev–Trinajstić information content (AvgIpc) is 2.93. The number of benzene rings is 1. The van der Waals surface area contributed by atoms with Crippen LogP contribution in [-0.2, 0) is 15.3 Å². The van der Waals surface area contributed by atoms with E-state index in [1.807, 2.05) is 24.3 Å². The molecule has 106 valence electrons. The molecule has 3 nitrogen and oxygen atoms in total. The van der Waals surface area contributed by atoms with Crippen LogP contribution in [0.15, 0.2) is 24.3 Å². The molecule has 1 heterocycles. The van der Waals surface area contributed by atoms with E-state index in [4.69, 9.17) is 14.2 Å². The summed E-state index contributed by atoms with van der Waals surface area (Å²) in [5.74, 6) is 0.344. The first-order valence-corrected chi connectivity index (χ1v) is 8.00. The predicted molar refractivity (Wildman–Crippen MR) is 78.8 cm³/mol. The Bertz CT molecular complexity index is 371. The van der Waals surface area contributed by atoms with Crippen molar-refractivity contribution < 1.29 is 14.2 Å². The topological polar surface area (TPSA) is 27.7 Å². The van der Waals surface area contributed by atoms with Gasteiger partial charge in [-0.3, -0.25) is 0 Å². The lowest BCUT2D eigenvalue weighted by Crippen LogP contribution is -2.27. The van der Waals surface area contributed by atoms with Crippen LogP contribution in [0.2, 0.25) is 0 Å². The zero-order chi connectivity index (χ0) is 13.6. The quantitative estimate of drug-likeness (QED) is 0.711. The summed E-state index contributed by atoms with van der Waals surface area (Å²) < 4.78 is 17.3. The molecule has 2 rings (SSSR count). The van der Waals surface area contributed by atoms with Crippen LogP contribution in [-0.4, -0.2) is 25.2 Å². The number of alkyl halides is 1. The molecule has 0 atom stereocenters. The smallest absolute Gasteiger partial charge is 0.195 e. The van der Waals surface area contributed by atoms with E-state index in [1.54, 1.807) is 0 Å². The Balaban J connectivity index is 2.09. The van der Waals surface area contributed by atoms with Gasteiger partial charge in [0.15, 0.2) is 5.79 Å². The molecule has 0 unspecified atom stereocenters. The van der Waals surface area contributed by atoms with Crippen molar-refractivity contribution in [2.45, 2.75) is 32.0 Å². The van der Waals surface area contributed by atoms with Crippen LogP contribution in [0.5, 0.6) is 5.75 Å². The lowest BCUT2D eigenvalue weighted by atomic mass is 10.0. The van der Waals surface area contributed by atoms with Gasteiger partial charge >= 0.3 is 0 Å². The van der Waals surface area contributed by atoms with E-state index in [0.29, 0.717) is 13.2 Å². The lowest BCUT2D eigenvalue weighted by molar-refractivity contribution is -0.170. The second-order valence-corrected chi connectivity index (χ2v) is 5.41. The molecule has 19 heavy (non-hydrogen) atoms. The van der Waals surface area contributed by atoms with E-state index in [2.05, 4.69) is 22.9 Å². The van der Waals surface area contributed by atoms with Crippen molar-refractivity contribution in [3.05, 3.63) is 29.8 Å². The molecule has 0 aromatic heterocycles. The Morgan fingerprint density at radius 1 is 1.21 bits per heavy atom. The fraction of sp³-hybridized carbons (Fsp3) is 0.600. The molecule has 1 aliphatic rings. The van der Waals surface area contributed by atoms with Crippen molar-refractivity contribution in [3.63, 3.8) is 0 Å². The van der Waals surface area contributed by atoms with Crippen molar-refractivity contribution in [2.75, 3.05) is 25.2 Å². The van der Waals surface area contributed by atoms with Crippen LogP contribution >= 0.6 is 15.9 Å². The minimum atomic E-state index is -0.558. The maximum absolute atomic E-state index is 5.87. The second kappa shape index (κ2) is 7.27. The maximum atomic E-state index is 5.87. The van der Waals surface area contributed by atoms with Gasteiger partial charge in [0.2, 0.25) is 0 Å². The fourth-order valence-corrected chi connectivity index (χ4v) is 2.51. The highest BCUT2D eigenvalue weighted by Crippen LogP contribution is 2.36. The number of rotatable bonds is 7. The molecule has 1 fully saturated rings. The first-order chi connectivity index (χ1) is 9.30. The summed E-state index contributed by atoms with van der Waals surface area (Å²) in [5.41, 5.74) is 1.08. The highest BCUT2D eigenvalue weighted by Gasteiger charge is 2.37. The van der Waals surface area contributed by atoms with Crippen LogP contribution in [0.1, 0.15) is 31.7 Å². The highest BCUT2D eigenvalue weighted by atomic mass is 79.9. The molecule has 1 aromatic rings. The maximum Gasteiger partial charge on any atom is 0.195 e. The molecule has 0 radical (unpaired) electrons. The van der Waals surface area contributed by atoms with Crippen molar-refractivity contribution in [3.8, 4) is 5.75 Å². The van der Waals surface area contributed by atoms with Gasteiger partial charge < -0.3 is 14.2 Å². The van der Waals surface area contributed by atoms with E-state index in [-0.39, 0.29) is 0 Å². The van der Waals surface area contributed by atoms with Gasteiger partial charge in [0.25, 0.3) is 0 Å². The number of hydrogen-bond donors (Lipinski definition) is 0. The van der Waals surface area contributed by atoms with Crippen molar-refractivity contribution in [1.29, 1.82) is 0 Å². The molecule has 1 aromatic carbocycles. The number of halogens is 1. The van der Waals surface area contributed by atoms with Gasteiger partial charge in [-0.05, 0) is 37.1 Å². The summed E-state index contributed by atoms with van der Waals surface area (Å²) in [5, 5.41) is 0.958. The minimum Gasteiger partial charge on any atom is -0.494 e. The standard InChI is InChI=1S/C15H21BrO3/c1-2-10-17-14-6-4-13(5-7-14)15(8-3-9-16)18-11-12-19-15/h4-7H,2-3,8-12H2,1H3. The molecule has 0 N–H and O–H groups in total.